The number of carbonyl (C=O) groups excluding carboxylic acids is 1. The topological polar surface area (TPSA) is 42.0 Å². The highest BCUT2D eigenvalue weighted by molar-refractivity contribution is 7.15. The maximum absolute atomic E-state index is 13.2. The third-order valence-corrected chi connectivity index (χ3v) is 4.63. The summed E-state index contributed by atoms with van der Waals surface area (Å²) in [6.45, 7) is 0. The van der Waals surface area contributed by atoms with E-state index in [1.54, 1.807) is 18.3 Å². The summed E-state index contributed by atoms with van der Waals surface area (Å²) in [4.78, 5) is 17.0. The molecule has 8 heteroatoms. The van der Waals surface area contributed by atoms with Gasteiger partial charge in [-0.3, -0.25) is 4.79 Å². The Labute approximate surface area is 156 Å². The number of benzene rings is 2. The molecule has 0 aliphatic heterocycles. The number of halogens is 4. The van der Waals surface area contributed by atoms with Crippen molar-refractivity contribution in [3.05, 3.63) is 82.1 Å². The van der Waals surface area contributed by atoms with E-state index in [9.17, 15) is 22.4 Å². The van der Waals surface area contributed by atoms with Crippen molar-refractivity contribution in [2.24, 2.45) is 0 Å². The zero-order valence-corrected chi connectivity index (χ0v) is 14.7. The second kappa shape index (κ2) is 7.87. The molecule has 0 spiro atoms. The molecule has 0 unspecified atom stereocenters. The van der Waals surface area contributed by atoms with E-state index >= 15 is 0 Å². The lowest BCUT2D eigenvalue weighted by Crippen LogP contribution is -2.14. The predicted molar refractivity (Wildman–Crippen MR) is 95.1 cm³/mol. The summed E-state index contributed by atoms with van der Waals surface area (Å²) < 4.78 is 50.8. The summed E-state index contributed by atoms with van der Waals surface area (Å²) in [6.07, 6.45) is -2.37. The Morgan fingerprint density at radius 2 is 1.81 bits per heavy atom. The number of alkyl halides is 3. The number of nitrogens with zero attached hydrogens (tertiary/aromatic N) is 1. The van der Waals surface area contributed by atoms with Crippen molar-refractivity contribution < 1.29 is 22.4 Å². The summed E-state index contributed by atoms with van der Waals surface area (Å²) in [5.74, 6) is -0.691. The number of carbonyl (C=O) groups is 1. The van der Waals surface area contributed by atoms with Gasteiger partial charge in [0.1, 0.15) is 5.82 Å². The molecule has 0 saturated carbocycles. The van der Waals surface area contributed by atoms with Gasteiger partial charge in [-0.05, 0) is 35.4 Å². The van der Waals surface area contributed by atoms with Crippen LogP contribution < -0.4 is 5.32 Å². The number of aromatic nitrogens is 1. The fourth-order valence-electron chi connectivity index (χ4n) is 2.46. The first-order chi connectivity index (χ1) is 12.8. The Morgan fingerprint density at radius 1 is 1.07 bits per heavy atom. The molecule has 0 aliphatic rings. The molecular weight excluding hydrogens is 380 g/mol. The quantitative estimate of drug-likeness (QED) is 0.614. The summed E-state index contributed by atoms with van der Waals surface area (Å²) in [6, 6.07) is 10.7. The minimum absolute atomic E-state index is 0.0586. The first-order valence-corrected chi connectivity index (χ1v) is 8.76. The first kappa shape index (κ1) is 19.0. The molecular formula is C19H14F4N2OS. The Kier molecular flexibility index (Phi) is 5.55. The van der Waals surface area contributed by atoms with Crippen LogP contribution in [0.1, 0.15) is 21.6 Å². The van der Waals surface area contributed by atoms with Gasteiger partial charge in [0.05, 0.1) is 12.0 Å². The van der Waals surface area contributed by atoms with Crippen molar-refractivity contribution in [1.82, 2.24) is 4.98 Å². The molecule has 3 rings (SSSR count). The van der Waals surface area contributed by atoms with Crippen LogP contribution in [0.15, 0.2) is 54.7 Å². The minimum Gasteiger partial charge on any atom is -0.302 e. The van der Waals surface area contributed by atoms with Crippen molar-refractivity contribution in [2.45, 2.75) is 19.0 Å². The number of anilines is 1. The maximum atomic E-state index is 13.2. The van der Waals surface area contributed by atoms with Crippen molar-refractivity contribution in [3.8, 4) is 0 Å². The molecule has 3 aromatic rings. The highest BCUT2D eigenvalue weighted by Gasteiger charge is 2.29. The Bertz CT molecular complexity index is 935. The summed E-state index contributed by atoms with van der Waals surface area (Å²) >= 11 is 1.26. The maximum Gasteiger partial charge on any atom is 0.416 e. The van der Waals surface area contributed by atoms with E-state index in [1.165, 1.54) is 35.6 Å². The molecule has 2 aromatic carbocycles. The highest BCUT2D eigenvalue weighted by atomic mass is 32.1. The first-order valence-electron chi connectivity index (χ1n) is 7.95. The molecule has 0 bridgehead atoms. The van der Waals surface area contributed by atoms with Crippen LogP contribution >= 0.6 is 11.3 Å². The zero-order valence-electron chi connectivity index (χ0n) is 13.9. The van der Waals surface area contributed by atoms with Gasteiger partial charge in [-0.2, -0.15) is 13.2 Å². The minimum atomic E-state index is -4.40. The van der Waals surface area contributed by atoms with Crippen LogP contribution in [0.25, 0.3) is 0 Å². The summed E-state index contributed by atoms with van der Waals surface area (Å²) in [5, 5.41) is 3.01. The second-order valence-corrected chi connectivity index (χ2v) is 6.97. The largest absolute Gasteiger partial charge is 0.416 e. The van der Waals surface area contributed by atoms with E-state index < -0.39 is 11.7 Å². The molecule has 0 aliphatic carbocycles. The van der Waals surface area contributed by atoms with E-state index in [-0.39, 0.29) is 18.1 Å². The molecule has 140 valence electrons. The lowest BCUT2D eigenvalue weighted by atomic mass is 10.1. The van der Waals surface area contributed by atoms with Gasteiger partial charge in [-0.1, -0.05) is 24.3 Å². The van der Waals surface area contributed by atoms with Gasteiger partial charge in [0.2, 0.25) is 5.91 Å². The molecule has 27 heavy (non-hydrogen) atoms. The smallest absolute Gasteiger partial charge is 0.302 e. The number of hydrogen-bond donors (Lipinski definition) is 1. The number of amides is 1. The fourth-order valence-corrected chi connectivity index (χ4v) is 3.32. The van der Waals surface area contributed by atoms with E-state index in [4.69, 9.17) is 0 Å². The lowest BCUT2D eigenvalue weighted by molar-refractivity contribution is -0.137. The van der Waals surface area contributed by atoms with E-state index in [1.807, 2.05) is 0 Å². The molecule has 3 nitrogen and oxygen atoms in total. The van der Waals surface area contributed by atoms with Gasteiger partial charge in [-0.25, -0.2) is 9.37 Å². The number of thiazole rings is 1. The van der Waals surface area contributed by atoms with Crippen LogP contribution in [0.3, 0.4) is 0 Å². The van der Waals surface area contributed by atoms with Crippen LogP contribution in [-0.4, -0.2) is 10.9 Å². The van der Waals surface area contributed by atoms with Crippen LogP contribution in [0, 0.1) is 5.82 Å². The van der Waals surface area contributed by atoms with E-state index in [0.29, 0.717) is 17.1 Å². The number of hydrogen-bond acceptors (Lipinski definition) is 3. The number of rotatable bonds is 5. The molecule has 1 N–H and O–H groups in total. The van der Waals surface area contributed by atoms with Gasteiger partial charge >= 0.3 is 6.18 Å². The van der Waals surface area contributed by atoms with Gasteiger partial charge < -0.3 is 5.32 Å². The Morgan fingerprint density at radius 3 is 2.48 bits per heavy atom. The third-order valence-electron chi connectivity index (χ3n) is 3.71. The van der Waals surface area contributed by atoms with Crippen molar-refractivity contribution >= 4 is 22.4 Å². The highest BCUT2D eigenvalue weighted by Crippen LogP contribution is 2.29. The standard InChI is InChI=1S/C19H14F4N2OS/c20-15-3-1-2-13(8-15)9-16-11-24-18(27-16)25-17(26)10-12-4-6-14(7-5-12)19(21,22)23/h1-8,11H,9-10H2,(H,24,25,26). The molecule has 0 saturated heterocycles. The molecule has 0 radical (unpaired) electrons. The average Bonchev–Trinajstić information content (AvgIpc) is 3.01. The Hall–Kier alpha value is -2.74. The zero-order chi connectivity index (χ0) is 19.4. The van der Waals surface area contributed by atoms with Crippen LogP contribution in [0.4, 0.5) is 22.7 Å². The molecule has 1 aromatic heterocycles. The van der Waals surface area contributed by atoms with Gasteiger partial charge in [0.15, 0.2) is 5.13 Å². The molecule has 0 atom stereocenters. The fraction of sp³-hybridized carbons (Fsp3) is 0.158. The average molecular weight is 394 g/mol. The Balaban J connectivity index is 1.57. The SMILES string of the molecule is O=C(Cc1ccc(C(F)(F)F)cc1)Nc1ncc(Cc2cccc(F)c2)s1. The third kappa shape index (κ3) is 5.37. The van der Waals surface area contributed by atoms with Crippen LogP contribution in [-0.2, 0) is 23.8 Å². The van der Waals surface area contributed by atoms with Crippen LogP contribution in [0.2, 0.25) is 0 Å². The molecule has 0 fully saturated rings. The molecule has 1 heterocycles. The van der Waals surface area contributed by atoms with E-state index in [2.05, 4.69) is 10.3 Å². The lowest BCUT2D eigenvalue weighted by Gasteiger charge is -2.07. The molecule has 1 amide bonds. The van der Waals surface area contributed by atoms with Crippen molar-refractivity contribution in [2.75, 3.05) is 5.32 Å². The number of nitrogens with one attached hydrogen (secondary N) is 1. The normalized spacial score (nSPS) is 11.4. The van der Waals surface area contributed by atoms with Gasteiger partial charge in [0.25, 0.3) is 0 Å². The van der Waals surface area contributed by atoms with Crippen LogP contribution in [0.5, 0.6) is 0 Å². The summed E-state index contributed by atoms with van der Waals surface area (Å²) in [7, 11) is 0. The van der Waals surface area contributed by atoms with Gasteiger partial charge in [-0.15, -0.1) is 11.3 Å². The van der Waals surface area contributed by atoms with Crippen molar-refractivity contribution in [3.63, 3.8) is 0 Å². The van der Waals surface area contributed by atoms with Gasteiger partial charge in [0, 0.05) is 17.5 Å². The monoisotopic (exact) mass is 394 g/mol. The van der Waals surface area contributed by atoms with Crippen molar-refractivity contribution in [1.29, 1.82) is 0 Å². The second-order valence-electron chi connectivity index (χ2n) is 5.86. The predicted octanol–water partition coefficient (Wildman–Crippen LogP) is 5.07. The summed E-state index contributed by atoms with van der Waals surface area (Å²) in [5.41, 5.74) is 0.506. The van der Waals surface area contributed by atoms with E-state index in [0.717, 1.165) is 22.6 Å².